The molecule has 0 radical (unpaired) electrons. The highest BCUT2D eigenvalue weighted by molar-refractivity contribution is 5.83. The lowest BCUT2D eigenvalue weighted by Gasteiger charge is -2.28. The van der Waals surface area contributed by atoms with Gasteiger partial charge in [-0.15, -0.1) is 0 Å². The van der Waals surface area contributed by atoms with E-state index in [1.807, 2.05) is 24.3 Å². The molecule has 0 saturated carbocycles. The molecule has 13 nitrogen and oxygen atoms in total. The summed E-state index contributed by atoms with van der Waals surface area (Å²) in [5, 5.41) is 33.9. The number of nitrogens with one attached hydrogen (secondary N) is 1. The Morgan fingerprint density at radius 2 is 1.91 bits per heavy atom. The van der Waals surface area contributed by atoms with Crippen LogP contribution in [-0.4, -0.2) is 92.3 Å². The lowest BCUT2D eigenvalue weighted by Crippen LogP contribution is -2.36. The molecule has 2 aromatic heterocycles. The third kappa shape index (κ3) is 4.26. The van der Waals surface area contributed by atoms with Crippen molar-refractivity contribution in [2.45, 2.75) is 24.5 Å². The van der Waals surface area contributed by atoms with Gasteiger partial charge in [-0.2, -0.15) is 15.1 Å². The number of anilines is 3. The van der Waals surface area contributed by atoms with Crippen LogP contribution in [0.4, 0.5) is 17.5 Å². The second-order valence-corrected chi connectivity index (χ2v) is 8.05. The number of morpholine rings is 1. The molecule has 180 valence electrons. The van der Waals surface area contributed by atoms with E-state index in [4.69, 9.17) is 15.2 Å². The predicted octanol–water partition coefficient (Wildman–Crippen LogP) is -0.697. The second-order valence-electron chi connectivity index (χ2n) is 8.05. The number of nitrogen functional groups attached to an aromatic ring is 1. The number of nitrogens with two attached hydrogens (primary N) is 1. The second kappa shape index (κ2) is 9.48. The van der Waals surface area contributed by atoms with Gasteiger partial charge in [0.2, 0.25) is 5.95 Å². The molecule has 2 fully saturated rings. The zero-order valence-electron chi connectivity index (χ0n) is 18.2. The quantitative estimate of drug-likeness (QED) is 0.227. The van der Waals surface area contributed by atoms with Crippen LogP contribution < -0.4 is 16.1 Å². The highest BCUT2D eigenvalue weighted by Gasteiger charge is 2.44. The molecule has 34 heavy (non-hydrogen) atoms. The first-order valence-corrected chi connectivity index (χ1v) is 10.9. The summed E-state index contributed by atoms with van der Waals surface area (Å²) in [6.45, 7) is 2.76. The van der Waals surface area contributed by atoms with Gasteiger partial charge in [-0.25, -0.2) is 10.4 Å². The van der Waals surface area contributed by atoms with E-state index < -0.39 is 31.1 Å². The maximum Gasteiger partial charge on any atom is 0.247 e. The number of hydrogen-bond donors (Lipinski definition) is 5. The molecular formula is C21H26N8O5. The van der Waals surface area contributed by atoms with Gasteiger partial charge in [0.25, 0.3) is 0 Å². The Bertz CT molecular complexity index is 1160. The standard InChI is InChI=1S/C21H26N8O5/c22-18-15-19(29(11-23-15)20-17(32)16(31)14(10-30)34-20)26-21(25-18)27-24-9-12-1-3-13(4-2-12)28-5-7-33-8-6-28/h1-4,9,11,14,16-17,20,30-32H,5-8,10H2,(H3,22,25,26,27)/b24-9+/t14-,16?,17?,20-/m1/s1. The molecule has 2 saturated heterocycles. The average molecular weight is 470 g/mol. The molecular weight excluding hydrogens is 444 g/mol. The number of fused-ring (bicyclic) bond motifs is 1. The van der Waals surface area contributed by atoms with Gasteiger partial charge in [-0.05, 0) is 17.7 Å². The van der Waals surface area contributed by atoms with Crippen molar-refractivity contribution >= 4 is 34.8 Å². The van der Waals surface area contributed by atoms with Gasteiger partial charge in [-0.1, -0.05) is 12.1 Å². The number of benzene rings is 1. The summed E-state index contributed by atoms with van der Waals surface area (Å²) in [7, 11) is 0. The first-order valence-electron chi connectivity index (χ1n) is 10.9. The van der Waals surface area contributed by atoms with Crippen molar-refractivity contribution in [3.8, 4) is 0 Å². The first-order chi connectivity index (χ1) is 16.5. The van der Waals surface area contributed by atoms with E-state index in [0.29, 0.717) is 5.52 Å². The van der Waals surface area contributed by atoms with Gasteiger partial charge in [0.15, 0.2) is 17.7 Å². The van der Waals surface area contributed by atoms with Crippen molar-refractivity contribution in [2.75, 3.05) is 49.0 Å². The Kier molecular flexibility index (Phi) is 6.26. The topological polar surface area (TPSA) is 176 Å². The Morgan fingerprint density at radius 3 is 2.62 bits per heavy atom. The largest absolute Gasteiger partial charge is 0.394 e. The molecule has 13 heteroatoms. The van der Waals surface area contributed by atoms with E-state index in [9.17, 15) is 15.3 Å². The van der Waals surface area contributed by atoms with E-state index in [0.717, 1.165) is 37.6 Å². The van der Waals surface area contributed by atoms with E-state index in [2.05, 4.69) is 30.4 Å². The minimum absolute atomic E-state index is 0.114. The van der Waals surface area contributed by atoms with Crippen LogP contribution in [0.3, 0.4) is 0 Å². The summed E-state index contributed by atoms with van der Waals surface area (Å²) >= 11 is 0. The summed E-state index contributed by atoms with van der Waals surface area (Å²) in [4.78, 5) is 15.0. The number of hydrazone groups is 1. The zero-order chi connectivity index (χ0) is 23.7. The van der Waals surface area contributed by atoms with Crippen molar-refractivity contribution < 1.29 is 24.8 Å². The summed E-state index contributed by atoms with van der Waals surface area (Å²) in [6.07, 6.45) is -1.42. The first kappa shape index (κ1) is 22.4. The van der Waals surface area contributed by atoms with Crippen LogP contribution in [0.15, 0.2) is 35.7 Å². The number of aliphatic hydroxyl groups is 3. The van der Waals surface area contributed by atoms with E-state index >= 15 is 0 Å². The fourth-order valence-electron chi connectivity index (χ4n) is 4.04. The number of aromatic nitrogens is 4. The minimum atomic E-state index is -1.28. The Morgan fingerprint density at radius 1 is 1.15 bits per heavy atom. The van der Waals surface area contributed by atoms with E-state index in [1.165, 1.54) is 10.9 Å². The summed E-state index contributed by atoms with van der Waals surface area (Å²) < 4.78 is 12.4. The number of ether oxygens (including phenoxy) is 2. The van der Waals surface area contributed by atoms with Gasteiger partial charge in [-0.3, -0.25) is 4.57 Å². The molecule has 6 N–H and O–H groups in total. The third-order valence-electron chi connectivity index (χ3n) is 5.89. The highest BCUT2D eigenvalue weighted by Crippen LogP contribution is 2.32. The maximum absolute atomic E-state index is 10.3. The number of hydrogen-bond acceptors (Lipinski definition) is 12. The Hall–Kier alpha value is -3.36. The third-order valence-corrected chi connectivity index (χ3v) is 5.89. The molecule has 5 rings (SSSR count). The van der Waals surface area contributed by atoms with Gasteiger partial charge in [0, 0.05) is 18.8 Å². The van der Waals surface area contributed by atoms with Crippen LogP contribution in [-0.2, 0) is 9.47 Å². The zero-order valence-corrected chi connectivity index (χ0v) is 18.2. The monoisotopic (exact) mass is 470 g/mol. The lowest BCUT2D eigenvalue weighted by atomic mass is 10.1. The molecule has 2 unspecified atom stereocenters. The highest BCUT2D eigenvalue weighted by atomic mass is 16.6. The van der Waals surface area contributed by atoms with Crippen LogP contribution in [0.5, 0.6) is 0 Å². The Balaban J connectivity index is 1.31. The van der Waals surface area contributed by atoms with Crippen molar-refractivity contribution in [3.05, 3.63) is 36.2 Å². The lowest BCUT2D eigenvalue weighted by molar-refractivity contribution is -0.0511. The van der Waals surface area contributed by atoms with Crippen molar-refractivity contribution in [1.82, 2.24) is 19.5 Å². The molecule has 0 aliphatic carbocycles. The van der Waals surface area contributed by atoms with Crippen LogP contribution in [0.2, 0.25) is 0 Å². The number of nitrogens with zero attached hydrogens (tertiary/aromatic N) is 6. The summed E-state index contributed by atoms with van der Waals surface area (Å²) in [5.41, 5.74) is 11.4. The van der Waals surface area contributed by atoms with E-state index in [1.54, 1.807) is 6.21 Å². The maximum atomic E-state index is 10.3. The van der Waals surface area contributed by atoms with Crippen LogP contribution in [0.25, 0.3) is 11.2 Å². The molecule has 0 amide bonds. The van der Waals surface area contributed by atoms with Gasteiger partial charge < -0.3 is 35.4 Å². The van der Waals surface area contributed by atoms with Gasteiger partial charge in [0.1, 0.15) is 23.8 Å². The smallest absolute Gasteiger partial charge is 0.247 e. The molecule has 0 spiro atoms. The molecule has 1 aromatic carbocycles. The fraction of sp³-hybridized carbons (Fsp3) is 0.429. The van der Waals surface area contributed by atoms with Gasteiger partial charge in [0.05, 0.1) is 32.4 Å². The average Bonchev–Trinajstić information content (AvgIpc) is 3.41. The van der Waals surface area contributed by atoms with E-state index in [-0.39, 0.29) is 17.4 Å². The van der Waals surface area contributed by atoms with Crippen LogP contribution in [0.1, 0.15) is 11.8 Å². The Labute approximate surface area is 194 Å². The SMILES string of the molecule is Nc1nc(N/N=C/c2ccc(N3CCOCC3)cc2)nc2c1ncn2[C@@H]1O[C@H](CO)C(O)C1O. The number of rotatable bonds is 6. The van der Waals surface area contributed by atoms with Crippen molar-refractivity contribution in [3.63, 3.8) is 0 Å². The normalized spacial score (nSPS) is 25.4. The molecule has 3 aromatic rings. The van der Waals surface area contributed by atoms with Crippen LogP contribution in [0, 0.1) is 0 Å². The summed E-state index contributed by atoms with van der Waals surface area (Å²) in [5.74, 6) is 0.239. The molecule has 2 aliphatic rings. The molecule has 4 heterocycles. The number of aliphatic hydroxyl groups excluding tert-OH is 3. The molecule has 2 aliphatic heterocycles. The fourth-order valence-corrected chi connectivity index (χ4v) is 4.04. The van der Waals surface area contributed by atoms with Crippen LogP contribution >= 0.6 is 0 Å². The summed E-state index contributed by atoms with van der Waals surface area (Å²) in [6, 6.07) is 8.00. The minimum Gasteiger partial charge on any atom is -0.394 e. The number of imidazole rings is 1. The molecule has 0 bridgehead atoms. The van der Waals surface area contributed by atoms with Crippen molar-refractivity contribution in [1.29, 1.82) is 0 Å². The van der Waals surface area contributed by atoms with Crippen molar-refractivity contribution in [2.24, 2.45) is 5.10 Å². The van der Waals surface area contributed by atoms with Gasteiger partial charge >= 0.3 is 0 Å². The molecule has 4 atom stereocenters. The predicted molar refractivity (Wildman–Crippen MR) is 123 cm³/mol.